The van der Waals surface area contributed by atoms with E-state index in [1.165, 1.54) is 12.4 Å². The summed E-state index contributed by atoms with van der Waals surface area (Å²) in [4.78, 5) is 3.40. The minimum atomic E-state index is 0.0185. The molecule has 2 heteroatoms. The van der Waals surface area contributed by atoms with E-state index in [0.29, 0.717) is 0 Å². The second-order valence-electron chi connectivity index (χ2n) is 0.810. The summed E-state index contributed by atoms with van der Waals surface area (Å²) in [5.74, 6) is 0.0185. The van der Waals surface area contributed by atoms with Gasteiger partial charge in [-0.05, 0) is 0 Å². The fourth-order valence-corrected chi connectivity index (χ4v) is 0.135. The molecule has 1 aliphatic rings. The van der Waals surface area contributed by atoms with Gasteiger partial charge < -0.3 is 5.11 Å². The number of aliphatic imine (C=N–C) groups is 1. The van der Waals surface area contributed by atoms with Gasteiger partial charge in [0.2, 0.25) is 0 Å². The molecule has 0 saturated carbocycles. The molecule has 5 heavy (non-hydrogen) atoms. The number of nitrogens with zero attached hydrogens (tertiary/aromatic N) is 1. The highest BCUT2D eigenvalue weighted by Gasteiger charge is 1.75. The van der Waals surface area contributed by atoms with Gasteiger partial charge in [0.15, 0.2) is 0 Å². The first-order valence-corrected chi connectivity index (χ1v) is 1.30. The van der Waals surface area contributed by atoms with Crippen LogP contribution < -0.4 is 5.11 Å². The van der Waals surface area contributed by atoms with Crippen LogP contribution in [-0.2, 0) is 0 Å². The van der Waals surface area contributed by atoms with Gasteiger partial charge in [-0.25, -0.2) is 0 Å². The number of allylic oxidation sites excluding steroid dienone is 1. The maximum Gasteiger partial charge on any atom is 0.0204 e. The predicted molar refractivity (Wildman–Crippen MR) is 16.6 cm³/mol. The van der Waals surface area contributed by atoms with Crippen molar-refractivity contribution in [2.45, 2.75) is 0 Å². The van der Waals surface area contributed by atoms with E-state index in [1.54, 1.807) is 0 Å². The van der Waals surface area contributed by atoms with Crippen molar-refractivity contribution in [1.82, 2.24) is 0 Å². The van der Waals surface area contributed by atoms with E-state index in [9.17, 15) is 5.11 Å². The Morgan fingerprint density at radius 1 is 1.80 bits per heavy atom. The van der Waals surface area contributed by atoms with Gasteiger partial charge >= 0.3 is 0 Å². The van der Waals surface area contributed by atoms with E-state index in [2.05, 4.69) is 4.99 Å². The molecule has 0 N–H and O–H groups in total. The lowest BCUT2D eigenvalue weighted by Crippen LogP contribution is -2.08. The molecule has 0 saturated heterocycles. The fourth-order valence-electron chi connectivity index (χ4n) is 0.135. The highest BCUT2D eigenvalue weighted by Crippen LogP contribution is 1.87. The monoisotopic (exact) mass is 68.0 g/mol. The van der Waals surface area contributed by atoms with Crippen molar-refractivity contribution >= 4 is 6.21 Å². The zero-order chi connectivity index (χ0) is 3.70. The average Bonchev–Trinajstić information content (AvgIpc) is 1.30. The van der Waals surface area contributed by atoms with Crippen molar-refractivity contribution in [3.05, 3.63) is 12.0 Å². The molecule has 1 aliphatic heterocycles. The van der Waals surface area contributed by atoms with Gasteiger partial charge in [-0.2, -0.15) is 0 Å². The molecule has 2 nitrogen and oxygen atoms in total. The van der Waals surface area contributed by atoms with Crippen molar-refractivity contribution in [3.8, 4) is 0 Å². The summed E-state index contributed by atoms with van der Waals surface area (Å²) >= 11 is 0. The van der Waals surface area contributed by atoms with Crippen LogP contribution >= 0.6 is 0 Å². The van der Waals surface area contributed by atoms with Crippen molar-refractivity contribution in [1.29, 1.82) is 0 Å². The summed E-state index contributed by atoms with van der Waals surface area (Å²) < 4.78 is 0. The van der Waals surface area contributed by atoms with Crippen LogP contribution in [0.3, 0.4) is 0 Å². The van der Waals surface area contributed by atoms with Crippen molar-refractivity contribution in [2.75, 3.05) is 0 Å². The van der Waals surface area contributed by atoms with E-state index in [1.807, 2.05) is 0 Å². The van der Waals surface area contributed by atoms with Crippen molar-refractivity contribution in [3.63, 3.8) is 0 Å². The Balaban J connectivity index is 2.60. The second kappa shape index (κ2) is 0.578. The quantitative estimate of drug-likeness (QED) is 0.368. The van der Waals surface area contributed by atoms with Gasteiger partial charge in [-0.15, -0.1) is 0 Å². The standard InChI is InChI=1S/C3H3NO/c5-3-1-4-2-3/h1-2,5H/p-1. The first-order chi connectivity index (χ1) is 2.39. The second-order valence-corrected chi connectivity index (χ2v) is 0.810. The Hall–Kier alpha value is -0.790. The van der Waals surface area contributed by atoms with E-state index >= 15 is 0 Å². The van der Waals surface area contributed by atoms with E-state index in [0.717, 1.165) is 0 Å². The van der Waals surface area contributed by atoms with Gasteiger partial charge in [-0.3, -0.25) is 4.99 Å². The lowest BCUT2D eigenvalue weighted by molar-refractivity contribution is -0.290. The highest BCUT2D eigenvalue weighted by molar-refractivity contribution is 5.80. The van der Waals surface area contributed by atoms with Crippen LogP contribution in [0.2, 0.25) is 0 Å². The van der Waals surface area contributed by atoms with Gasteiger partial charge in [0.05, 0.1) is 0 Å². The molecule has 0 aromatic carbocycles. The average molecular weight is 68.1 g/mol. The summed E-state index contributed by atoms with van der Waals surface area (Å²) in [6.45, 7) is 0. The maximum atomic E-state index is 9.69. The molecule has 0 spiro atoms. The molecule has 1 heterocycles. The Morgan fingerprint density at radius 2 is 2.20 bits per heavy atom. The lowest BCUT2D eigenvalue weighted by atomic mass is 10.5. The summed E-state index contributed by atoms with van der Waals surface area (Å²) in [6, 6.07) is 0. The largest absolute Gasteiger partial charge is 0.870 e. The molecule has 26 valence electrons. The summed E-state index contributed by atoms with van der Waals surface area (Å²) in [6.07, 6.45) is 2.56. The molecule has 0 fully saturated rings. The Bertz CT molecular complexity index is 93.1. The Kier molecular flexibility index (Phi) is 0.283. The zero-order valence-corrected chi connectivity index (χ0v) is 2.51. The van der Waals surface area contributed by atoms with Gasteiger partial charge in [0, 0.05) is 12.4 Å². The molecular weight excluding hydrogens is 66.0 g/mol. The first-order valence-electron chi connectivity index (χ1n) is 1.30. The van der Waals surface area contributed by atoms with Crippen molar-refractivity contribution in [2.24, 2.45) is 4.99 Å². The number of hydrogen-bond acceptors (Lipinski definition) is 2. The van der Waals surface area contributed by atoms with Crippen LogP contribution in [-0.4, -0.2) is 6.21 Å². The summed E-state index contributed by atoms with van der Waals surface area (Å²) in [7, 11) is 0. The van der Waals surface area contributed by atoms with Gasteiger partial charge in [0.25, 0.3) is 0 Å². The highest BCUT2D eigenvalue weighted by atomic mass is 16.3. The molecule has 0 atom stereocenters. The maximum absolute atomic E-state index is 9.69. The fraction of sp³-hybridized carbons (Fsp3) is 0. The Morgan fingerprint density at radius 3 is 2.20 bits per heavy atom. The third-order valence-electron chi connectivity index (χ3n) is 0.404. The molecular formula is C3H2NO-. The molecule has 0 amide bonds. The predicted octanol–water partition coefficient (Wildman–Crippen LogP) is -0.728. The molecule has 0 aromatic rings. The molecule has 0 unspecified atom stereocenters. The number of rotatable bonds is 0. The van der Waals surface area contributed by atoms with Gasteiger partial charge in [0.1, 0.15) is 0 Å². The van der Waals surface area contributed by atoms with Crippen LogP contribution in [0.5, 0.6) is 0 Å². The van der Waals surface area contributed by atoms with Crippen LogP contribution in [0.1, 0.15) is 0 Å². The van der Waals surface area contributed by atoms with Crippen LogP contribution in [0.4, 0.5) is 0 Å². The third kappa shape index (κ3) is 0.173. The molecule has 0 radical (unpaired) electrons. The SMILES string of the molecule is [O-]C1=CN=C1. The minimum Gasteiger partial charge on any atom is -0.870 e. The molecule has 1 rings (SSSR count). The lowest BCUT2D eigenvalue weighted by Gasteiger charge is -2.06. The number of hydrogen-bond donors (Lipinski definition) is 0. The zero-order valence-electron chi connectivity index (χ0n) is 2.51. The molecule has 0 aromatic heterocycles. The molecule has 0 aliphatic carbocycles. The van der Waals surface area contributed by atoms with Crippen LogP contribution in [0.15, 0.2) is 17.0 Å². The molecule has 0 bridgehead atoms. The smallest absolute Gasteiger partial charge is 0.0204 e. The van der Waals surface area contributed by atoms with E-state index in [-0.39, 0.29) is 5.76 Å². The summed E-state index contributed by atoms with van der Waals surface area (Å²) in [5.41, 5.74) is 0. The normalized spacial score (nSPS) is 17.2. The topological polar surface area (TPSA) is 35.4 Å². The van der Waals surface area contributed by atoms with Crippen LogP contribution in [0, 0.1) is 0 Å². The van der Waals surface area contributed by atoms with Crippen molar-refractivity contribution < 1.29 is 5.11 Å². The third-order valence-corrected chi connectivity index (χ3v) is 0.404. The van der Waals surface area contributed by atoms with Crippen LogP contribution in [0.25, 0.3) is 0 Å². The minimum absolute atomic E-state index is 0.0185. The summed E-state index contributed by atoms with van der Waals surface area (Å²) in [5, 5.41) is 9.69. The van der Waals surface area contributed by atoms with E-state index < -0.39 is 0 Å². The van der Waals surface area contributed by atoms with E-state index in [4.69, 9.17) is 0 Å². The Labute approximate surface area is 29.5 Å². The first kappa shape index (κ1) is 2.45. The van der Waals surface area contributed by atoms with Gasteiger partial charge in [-0.1, -0.05) is 5.76 Å².